The third-order valence-corrected chi connectivity index (χ3v) is 1.91. The van der Waals surface area contributed by atoms with Crippen LogP contribution in [0.25, 0.3) is 11.0 Å². The van der Waals surface area contributed by atoms with Gasteiger partial charge in [0.05, 0.1) is 11.1 Å². The fraction of sp³-hybridized carbons (Fsp3) is 0.111. The minimum Gasteiger partial charge on any atom is -0.478 e. The highest BCUT2D eigenvalue weighted by Crippen LogP contribution is 2.17. The molecule has 14 heavy (non-hydrogen) atoms. The first-order valence-electron chi connectivity index (χ1n) is 3.97. The Bertz CT molecular complexity index is 519. The van der Waals surface area contributed by atoms with Crippen molar-refractivity contribution >= 4 is 17.0 Å². The first kappa shape index (κ1) is 8.68. The lowest BCUT2D eigenvalue weighted by atomic mass is 10.2. The summed E-state index contributed by atoms with van der Waals surface area (Å²) in [6.45, 7) is 1.68. The molecule has 0 atom stereocenters. The Kier molecular flexibility index (Phi) is 1.73. The molecule has 5 heteroatoms. The molecular formula is C9H7FN2O2. The number of hydrogen-bond acceptors (Lipinski definition) is 2. The van der Waals surface area contributed by atoms with Gasteiger partial charge in [0.2, 0.25) is 0 Å². The number of hydrogen-bond donors (Lipinski definition) is 2. The van der Waals surface area contributed by atoms with Crippen molar-refractivity contribution in [3.05, 3.63) is 29.3 Å². The molecule has 0 amide bonds. The van der Waals surface area contributed by atoms with Gasteiger partial charge in [0.25, 0.3) is 0 Å². The van der Waals surface area contributed by atoms with Crippen molar-refractivity contribution in [2.75, 3.05) is 0 Å². The topological polar surface area (TPSA) is 66.0 Å². The first-order valence-corrected chi connectivity index (χ1v) is 3.97. The van der Waals surface area contributed by atoms with Crippen molar-refractivity contribution in [1.82, 2.24) is 9.97 Å². The molecule has 0 saturated heterocycles. The molecule has 0 saturated carbocycles. The van der Waals surface area contributed by atoms with E-state index in [9.17, 15) is 9.18 Å². The van der Waals surface area contributed by atoms with Crippen LogP contribution in [0.1, 0.15) is 16.2 Å². The van der Waals surface area contributed by atoms with Crippen LogP contribution in [0.15, 0.2) is 12.1 Å². The average Bonchev–Trinajstić information content (AvgIpc) is 2.45. The lowest BCUT2D eigenvalue weighted by molar-refractivity contribution is 0.0696. The van der Waals surface area contributed by atoms with E-state index in [1.165, 1.54) is 6.07 Å². The number of imidazole rings is 1. The number of nitrogens with one attached hydrogen (secondary N) is 1. The number of H-pyrrole nitrogens is 1. The van der Waals surface area contributed by atoms with Gasteiger partial charge in [0, 0.05) is 0 Å². The molecule has 1 heterocycles. The Labute approximate surface area is 78.4 Å². The lowest BCUT2D eigenvalue weighted by Gasteiger charge is -1.95. The summed E-state index contributed by atoms with van der Waals surface area (Å²) >= 11 is 0. The van der Waals surface area contributed by atoms with Crippen LogP contribution in [0.3, 0.4) is 0 Å². The average molecular weight is 194 g/mol. The van der Waals surface area contributed by atoms with E-state index in [-0.39, 0.29) is 11.1 Å². The van der Waals surface area contributed by atoms with Crippen LogP contribution < -0.4 is 0 Å². The number of aromatic amines is 1. The number of aromatic nitrogens is 2. The van der Waals surface area contributed by atoms with Crippen LogP contribution in [0.2, 0.25) is 0 Å². The molecule has 1 aromatic heterocycles. The standard InChI is InChI=1S/C9H7FN2O2/c1-4-11-7-3-5(9(13)14)2-6(10)8(7)12-4/h2-3H,1H3,(H,11,12)(H,13,14). The summed E-state index contributed by atoms with van der Waals surface area (Å²) in [7, 11) is 0. The van der Waals surface area contributed by atoms with Gasteiger partial charge in [-0.3, -0.25) is 0 Å². The Morgan fingerprint density at radius 3 is 2.93 bits per heavy atom. The maximum Gasteiger partial charge on any atom is 0.335 e. The van der Waals surface area contributed by atoms with Crippen LogP contribution in [-0.2, 0) is 0 Å². The zero-order chi connectivity index (χ0) is 10.3. The maximum absolute atomic E-state index is 13.3. The smallest absolute Gasteiger partial charge is 0.335 e. The molecular weight excluding hydrogens is 187 g/mol. The Morgan fingerprint density at radius 1 is 1.57 bits per heavy atom. The van der Waals surface area contributed by atoms with Crippen molar-refractivity contribution in [1.29, 1.82) is 0 Å². The van der Waals surface area contributed by atoms with E-state index in [0.717, 1.165) is 6.07 Å². The molecule has 2 N–H and O–H groups in total. The number of nitrogens with zero attached hydrogens (tertiary/aromatic N) is 1. The van der Waals surface area contributed by atoms with Gasteiger partial charge in [-0.2, -0.15) is 0 Å². The number of rotatable bonds is 1. The summed E-state index contributed by atoms with van der Waals surface area (Å²) in [5, 5.41) is 8.67. The summed E-state index contributed by atoms with van der Waals surface area (Å²) in [6.07, 6.45) is 0. The third-order valence-electron chi connectivity index (χ3n) is 1.91. The molecule has 0 bridgehead atoms. The van der Waals surface area contributed by atoms with Gasteiger partial charge in [-0.05, 0) is 19.1 Å². The van der Waals surface area contributed by atoms with Gasteiger partial charge >= 0.3 is 5.97 Å². The molecule has 72 valence electrons. The van der Waals surface area contributed by atoms with E-state index in [4.69, 9.17) is 5.11 Å². The zero-order valence-electron chi connectivity index (χ0n) is 7.34. The van der Waals surface area contributed by atoms with Gasteiger partial charge in [0.1, 0.15) is 11.3 Å². The number of carboxylic acids is 1. The fourth-order valence-electron chi connectivity index (χ4n) is 1.32. The molecule has 0 spiro atoms. The predicted molar refractivity (Wildman–Crippen MR) is 47.7 cm³/mol. The fourth-order valence-corrected chi connectivity index (χ4v) is 1.32. The van der Waals surface area contributed by atoms with E-state index in [0.29, 0.717) is 11.3 Å². The zero-order valence-corrected chi connectivity index (χ0v) is 7.34. The predicted octanol–water partition coefficient (Wildman–Crippen LogP) is 1.71. The number of aryl methyl sites for hydroxylation is 1. The number of fused-ring (bicyclic) bond motifs is 1. The number of carbonyl (C=O) groups is 1. The second-order valence-corrected chi connectivity index (χ2v) is 2.98. The van der Waals surface area contributed by atoms with Crippen LogP contribution in [0.5, 0.6) is 0 Å². The number of benzene rings is 1. The van der Waals surface area contributed by atoms with E-state index in [2.05, 4.69) is 9.97 Å². The summed E-state index contributed by atoms with van der Waals surface area (Å²) < 4.78 is 13.3. The van der Waals surface area contributed by atoms with Gasteiger partial charge < -0.3 is 10.1 Å². The monoisotopic (exact) mass is 194 g/mol. The summed E-state index contributed by atoms with van der Waals surface area (Å²) in [5.41, 5.74) is 0.492. The van der Waals surface area contributed by atoms with Crippen LogP contribution >= 0.6 is 0 Å². The largest absolute Gasteiger partial charge is 0.478 e. The van der Waals surface area contributed by atoms with Crippen LogP contribution in [0.4, 0.5) is 4.39 Å². The maximum atomic E-state index is 13.3. The second-order valence-electron chi connectivity index (χ2n) is 2.98. The minimum atomic E-state index is -1.15. The van der Waals surface area contributed by atoms with Crippen LogP contribution in [0, 0.1) is 12.7 Å². The second kappa shape index (κ2) is 2.80. The van der Waals surface area contributed by atoms with Crippen molar-refractivity contribution in [3.63, 3.8) is 0 Å². The third kappa shape index (κ3) is 1.22. The molecule has 0 aliphatic carbocycles. The molecule has 4 nitrogen and oxygen atoms in total. The van der Waals surface area contributed by atoms with Gasteiger partial charge in [-0.25, -0.2) is 14.2 Å². The van der Waals surface area contributed by atoms with Crippen molar-refractivity contribution in [2.45, 2.75) is 6.92 Å². The molecule has 1 aromatic carbocycles. The summed E-state index contributed by atoms with van der Waals surface area (Å²) in [4.78, 5) is 17.3. The molecule has 2 rings (SSSR count). The number of carboxylic acid groups (broad SMARTS) is 1. The van der Waals surface area contributed by atoms with E-state index in [1.807, 2.05) is 0 Å². The highest BCUT2D eigenvalue weighted by atomic mass is 19.1. The normalized spacial score (nSPS) is 10.7. The van der Waals surface area contributed by atoms with Crippen molar-refractivity contribution in [2.24, 2.45) is 0 Å². The van der Waals surface area contributed by atoms with E-state index in [1.54, 1.807) is 6.92 Å². The molecule has 0 fully saturated rings. The molecule has 0 aliphatic heterocycles. The highest BCUT2D eigenvalue weighted by Gasteiger charge is 2.11. The Hall–Kier alpha value is -1.91. The van der Waals surface area contributed by atoms with Gasteiger partial charge in [-0.1, -0.05) is 0 Å². The van der Waals surface area contributed by atoms with Gasteiger partial charge in [0.15, 0.2) is 5.82 Å². The Balaban J connectivity index is 2.77. The Morgan fingerprint density at radius 2 is 2.29 bits per heavy atom. The van der Waals surface area contributed by atoms with Gasteiger partial charge in [-0.15, -0.1) is 0 Å². The number of halogens is 1. The summed E-state index contributed by atoms with van der Waals surface area (Å²) in [6, 6.07) is 2.33. The number of aromatic carboxylic acids is 1. The van der Waals surface area contributed by atoms with Crippen LogP contribution in [-0.4, -0.2) is 21.0 Å². The SMILES string of the molecule is Cc1nc2c(F)cc(C(=O)O)cc2[nH]1. The first-order chi connectivity index (χ1) is 6.58. The van der Waals surface area contributed by atoms with Crippen molar-refractivity contribution in [3.8, 4) is 0 Å². The highest BCUT2D eigenvalue weighted by molar-refractivity contribution is 5.92. The molecule has 0 radical (unpaired) electrons. The molecule has 0 unspecified atom stereocenters. The lowest BCUT2D eigenvalue weighted by Crippen LogP contribution is -1.97. The quantitative estimate of drug-likeness (QED) is 0.726. The molecule has 0 aliphatic rings. The van der Waals surface area contributed by atoms with E-state index >= 15 is 0 Å². The van der Waals surface area contributed by atoms with Crippen molar-refractivity contribution < 1.29 is 14.3 Å². The van der Waals surface area contributed by atoms with E-state index < -0.39 is 11.8 Å². The summed E-state index contributed by atoms with van der Waals surface area (Å²) in [5.74, 6) is -1.22. The molecule has 2 aromatic rings. The minimum absolute atomic E-state index is 0.0846.